The van der Waals surface area contributed by atoms with Crippen LogP contribution in [0.4, 0.5) is 0 Å². The fraction of sp³-hybridized carbons (Fsp3) is 0.455. The molecule has 0 aliphatic heterocycles. The van der Waals surface area contributed by atoms with E-state index in [9.17, 15) is 8.42 Å². The fourth-order valence-electron chi connectivity index (χ4n) is 1.33. The lowest BCUT2D eigenvalue weighted by Crippen LogP contribution is -2.18. The first-order valence-electron chi connectivity index (χ1n) is 4.98. The minimum Gasteiger partial charge on any atom is -0.396 e. The molecular weight excluding hydrogens is 212 g/mol. The molecule has 0 saturated carbocycles. The second-order valence-electron chi connectivity index (χ2n) is 3.55. The molecule has 0 aliphatic rings. The molecule has 0 fully saturated rings. The summed E-state index contributed by atoms with van der Waals surface area (Å²) in [5.74, 6) is -0.153. The van der Waals surface area contributed by atoms with E-state index in [0.29, 0.717) is 11.3 Å². The first-order chi connectivity index (χ1) is 7.10. The van der Waals surface area contributed by atoms with Gasteiger partial charge in [0.25, 0.3) is 0 Å². The average molecular weight is 228 g/mol. The zero-order valence-corrected chi connectivity index (χ0v) is 9.57. The van der Waals surface area contributed by atoms with Crippen LogP contribution in [0.25, 0.3) is 0 Å². The molecule has 0 aliphatic carbocycles. The Morgan fingerprint density at radius 2 is 1.87 bits per heavy atom. The average Bonchev–Trinajstić information content (AvgIpc) is 2.27. The third-order valence-electron chi connectivity index (χ3n) is 2.39. The van der Waals surface area contributed by atoms with Crippen molar-refractivity contribution in [1.82, 2.24) is 0 Å². The Hall–Kier alpha value is -0.870. The predicted molar refractivity (Wildman–Crippen MR) is 59.4 cm³/mol. The molecule has 0 saturated heterocycles. The highest BCUT2D eigenvalue weighted by Gasteiger charge is 2.19. The zero-order chi connectivity index (χ0) is 11.3. The lowest BCUT2D eigenvalue weighted by Gasteiger charge is -2.11. The van der Waals surface area contributed by atoms with Gasteiger partial charge in [-0.3, -0.25) is 0 Å². The Kier molecular flexibility index (Phi) is 4.29. The lowest BCUT2D eigenvalue weighted by molar-refractivity contribution is 0.235. The van der Waals surface area contributed by atoms with Crippen molar-refractivity contribution < 1.29 is 13.5 Å². The van der Waals surface area contributed by atoms with Gasteiger partial charge in [-0.15, -0.1) is 0 Å². The Morgan fingerprint density at radius 1 is 1.27 bits per heavy atom. The molecule has 1 unspecified atom stereocenters. The van der Waals surface area contributed by atoms with Crippen LogP contribution in [0.3, 0.4) is 0 Å². The smallest absolute Gasteiger partial charge is 0.178 e. The molecule has 1 atom stereocenters. The summed E-state index contributed by atoms with van der Waals surface area (Å²) in [6, 6.07) is 8.35. The number of sulfone groups is 1. The minimum atomic E-state index is -3.24. The summed E-state index contributed by atoms with van der Waals surface area (Å²) in [6.07, 6.45) is 0.669. The maximum absolute atomic E-state index is 11.8. The second-order valence-corrected chi connectivity index (χ2v) is 5.59. The molecule has 4 heteroatoms. The molecule has 0 aromatic heterocycles. The molecular formula is C11H16O3S. The second kappa shape index (κ2) is 5.28. The molecule has 0 bridgehead atoms. The van der Waals surface area contributed by atoms with Crippen molar-refractivity contribution in [3.8, 4) is 0 Å². The maximum Gasteiger partial charge on any atom is 0.178 e. The summed E-state index contributed by atoms with van der Waals surface area (Å²) in [5, 5.41) is 8.97. The van der Waals surface area contributed by atoms with Crippen LogP contribution in [-0.4, -0.2) is 25.9 Å². The van der Waals surface area contributed by atoms with Gasteiger partial charge in [-0.1, -0.05) is 31.5 Å². The lowest BCUT2D eigenvalue weighted by atomic mass is 10.1. The molecule has 0 radical (unpaired) electrons. The van der Waals surface area contributed by atoms with Gasteiger partial charge in [0.1, 0.15) is 0 Å². The Morgan fingerprint density at radius 3 is 2.33 bits per heavy atom. The number of aliphatic hydroxyl groups is 1. The van der Waals surface area contributed by atoms with Gasteiger partial charge in [0, 0.05) is 6.61 Å². The molecule has 1 rings (SSSR count). The van der Waals surface area contributed by atoms with Gasteiger partial charge in [-0.25, -0.2) is 8.42 Å². The maximum atomic E-state index is 11.8. The van der Waals surface area contributed by atoms with Crippen LogP contribution in [0.5, 0.6) is 0 Å². The summed E-state index contributed by atoms with van der Waals surface area (Å²) in [7, 11) is -3.24. The molecule has 0 spiro atoms. The van der Waals surface area contributed by atoms with Gasteiger partial charge < -0.3 is 5.11 Å². The van der Waals surface area contributed by atoms with Crippen LogP contribution in [0.2, 0.25) is 0 Å². The molecule has 1 aromatic carbocycles. The van der Waals surface area contributed by atoms with E-state index in [1.165, 1.54) is 0 Å². The Labute approximate surface area is 90.7 Å². The summed E-state index contributed by atoms with van der Waals surface area (Å²) in [6.45, 7) is 1.80. The van der Waals surface area contributed by atoms with Crippen molar-refractivity contribution in [2.75, 3.05) is 12.4 Å². The normalized spacial score (nSPS) is 13.7. The number of benzene rings is 1. The van der Waals surface area contributed by atoms with Gasteiger partial charge in [-0.2, -0.15) is 0 Å². The third kappa shape index (κ3) is 3.32. The van der Waals surface area contributed by atoms with E-state index in [0.717, 1.165) is 0 Å². The van der Waals surface area contributed by atoms with Crippen LogP contribution in [0, 0.1) is 5.92 Å². The van der Waals surface area contributed by atoms with Crippen molar-refractivity contribution in [2.45, 2.75) is 18.2 Å². The quantitative estimate of drug-likeness (QED) is 0.830. The highest BCUT2D eigenvalue weighted by molar-refractivity contribution is 7.91. The van der Waals surface area contributed by atoms with Crippen molar-refractivity contribution >= 4 is 9.84 Å². The van der Waals surface area contributed by atoms with E-state index in [1.54, 1.807) is 30.3 Å². The molecule has 1 aromatic rings. The first kappa shape index (κ1) is 12.2. The molecule has 0 heterocycles. The monoisotopic (exact) mass is 228 g/mol. The first-order valence-corrected chi connectivity index (χ1v) is 6.64. The highest BCUT2D eigenvalue weighted by atomic mass is 32.2. The predicted octanol–water partition coefficient (Wildman–Crippen LogP) is 1.48. The van der Waals surface area contributed by atoms with Gasteiger partial charge in [0.15, 0.2) is 9.84 Å². The van der Waals surface area contributed by atoms with E-state index in [-0.39, 0.29) is 18.3 Å². The van der Waals surface area contributed by atoms with Gasteiger partial charge in [0.2, 0.25) is 0 Å². The minimum absolute atomic E-state index is 0.0179. The summed E-state index contributed by atoms with van der Waals surface area (Å²) in [5.41, 5.74) is 0. The van der Waals surface area contributed by atoms with Crippen LogP contribution in [0.15, 0.2) is 35.2 Å². The van der Waals surface area contributed by atoms with E-state index >= 15 is 0 Å². The highest BCUT2D eigenvalue weighted by Crippen LogP contribution is 2.15. The third-order valence-corrected chi connectivity index (χ3v) is 4.29. The summed E-state index contributed by atoms with van der Waals surface area (Å²) >= 11 is 0. The number of hydrogen-bond acceptors (Lipinski definition) is 3. The van der Waals surface area contributed by atoms with Crippen LogP contribution >= 0.6 is 0 Å². The van der Waals surface area contributed by atoms with E-state index in [4.69, 9.17) is 5.11 Å². The summed E-state index contributed by atoms with van der Waals surface area (Å²) in [4.78, 5) is 0.330. The standard InChI is InChI=1S/C11H16O3S/c1-2-10(8-12)9-15(13,14)11-6-4-3-5-7-11/h3-7,10,12H,2,8-9H2,1H3. The van der Waals surface area contributed by atoms with Crippen molar-refractivity contribution in [3.63, 3.8) is 0 Å². The Bertz CT molecular complexity index is 380. The number of aliphatic hydroxyl groups excluding tert-OH is 1. The number of hydrogen-bond donors (Lipinski definition) is 1. The Balaban J connectivity index is 2.85. The van der Waals surface area contributed by atoms with Gasteiger partial charge >= 0.3 is 0 Å². The van der Waals surface area contributed by atoms with Crippen molar-refractivity contribution in [2.24, 2.45) is 5.92 Å². The summed E-state index contributed by atoms with van der Waals surface area (Å²) < 4.78 is 23.7. The van der Waals surface area contributed by atoms with E-state index in [1.807, 2.05) is 6.92 Å². The number of rotatable bonds is 5. The van der Waals surface area contributed by atoms with E-state index < -0.39 is 9.84 Å². The van der Waals surface area contributed by atoms with Crippen LogP contribution < -0.4 is 0 Å². The molecule has 1 N–H and O–H groups in total. The zero-order valence-electron chi connectivity index (χ0n) is 8.76. The van der Waals surface area contributed by atoms with Crippen molar-refractivity contribution in [3.05, 3.63) is 30.3 Å². The van der Waals surface area contributed by atoms with E-state index in [2.05, 4.69) is 0 Å². The van der Waals surface area contributed by atoms with Crippen molar-refractivity contribution in [1.29, 1.82) is 0 Å². The topological polar surface area (TPSA) is 54.4 Å². The molecule has 15 heavy (non-hydrogen) atoms. The SMILES string of the molecule is CCC(CO)CS(=O)(=O)c1ccccc1. The molecule has 84 valence electrons. The molecule has 3 nitrogen and oxygen atoms in total. The largest absolute Gasteiger partial charge is 0.396 e. The van der Waals surface area contributed by atoms with Gasteiger partial charge in [0.05, 0.1) is 10.6 Å². The van der Waals surface area contributed by atoms with Crippen LogP contribution in [-0.2, 0) is 9.84 Å². The molecule has 0 amide bonds. The van der Waals surface area contributed by atoms with Crippen LogP contribution in [0.1, 0.15) is 13.3 Å². The van der Waals surface area contributed by atoms with Gasteiger partial charge in [-0.05, 0) is 18.1 Å². The fourth-order valence-corrected chi connectivity index (χ4v) is 3.06.